The number of nitrogens with two attached hydrogens (primary N) is 1. The number of ether oxygens (including phenoxy) is 1. The standard InChI is InChI=1S/C8H20N2O2/c1-2-5-12-7-8(11)6-10-4-3-9/h8,10-11H,2-7,9H2,1H3. The van der Waals surface area contributed by atoms with Gasteiger partial charge in [-0.3, -0.25) is 0 Å². The Labute approximate surface area is 74.1 Å². The number of rotatable bonds is 8. The van der Waals surface area contributed by atoms with Crippen molar-refractivity contribution in [3.05, 3.63) is 0 Å². The van der Waals surface area contributed by atoms with E-state index in [1.54, 1.807) is 0 Å². The Kier molecular flexibility index (Phi) is 8.81. The molecule has 0 heterocycles. The minimum atomic E-state index is -0.414. The Morgan fingerprint density at radius 1 is 1.58 bits per heavy atom. The highest BCUT2D eigenvalue weighted by Crippen LogP contribution is 1.85. The number of aliphatic hydroxyl groups excluding tert-OH is 1. The van der Waals surface area contributed by atoms with Gasteiger partial charge in [-0.15, -0.1) is 0 Å². The average molecular weight is 176 g/mol. The van der Waals surface area contributed by atoms with Gasteiger partial charge in [0, 0.05) is 26.2 Å². The van der Waals surface area contributed by atoms with Crippen molar-refractivity contribution in [1.82, 2.24) is 5.32 Å². The lowest BCUT2D eigenvalue weighted by Crippen LogP contribution is -2.33. The van der Waals surface area contributed by atoms with Crippen molar-refractivity contribution in [3.8, 4) is 0 Å². The first-order valence-electron chi connectivity index (χ1n) is 4.47. The number of aliphatic hydroxyl groups is 1. The van der Waals surface area contributed by atoms with Crippen molar-refractivity contribution >= 4 is 0 Å². The van der Waals surface area contributed by atoms with Crippen LogP contribution >= 0.6 is 0 Å². The summed E-state index contributed by atoms with van der Waals surface area (Å²) in [7, 11) is 0. The van der Waals surface area contributed by atoms with Crippen molar-refractivity contribution in [1.29, 1.82) is 0 Å². The molecule has 0 spiro atoms. The van der Waals surface area contributed by atoms with E-state index in [2.05, 4.69) is 5.32 Å². The molecule has 4 nitrogen and oxygen atoms in total. The van der Waals surface area contributed by atoms with Crippen LogP contribution in [0.5, 0.6) is 0 Å². The number of hydrogen-bond acceptors (Lipinski definition) is 4. The third-order valence-electron chi connectivity index (χ3n) is 1.36. The van der Waals surface area contributed by atoms with Crippen LogP contribution in [0.2, 0.25) is 0 Å². The monoisotopic (exact) mass is 176 g/mol. The molecule has 1 atom stereocenters. The highest BCUT2D eigenvalue weighted by Gasteiger charge is 2.01. The van der Waals surface area contributed by atoms with Gasteiger partial charge >= 0.3 is 0 Å². The zero-order valence-corrected chi connectivity index (χ0v) is 7.75. The van der Waals surface area contributed by atoms with E-state index >= 15 is 0 Å². The van der Waals surface area contributed by atoms with Crippen molar-refractivity contribution < 1.29 is 9.84 Å². The summed E-state index contributed by atoms with van der Waals surface area (Å²) in [6, 6.07) is 0. The third-order valence-corrected chi connectivity index (χ3v) is 1.36. The highest BCUT2D eigenvalue weighted by molar-refractivity contribution is 4.57. The SMILES string of the molecule is CCCOCC(O)CNCCN. The summed E-state index contributed by atoms with van der Waals surface area (Å²) in [6.45, 7) is 5.06. The lowest BCUT2D eigenvalue weighted by molar-refractivity contribution is 0.0375. The fourth-order valence-electron chi connectivity index (χ4n) is 0.793. The van der Waals surface area contributed by atoms with Gasteiger partial charge in [0.15, 0.2) is 0 Å². The van der Waals surface area contributed by atoms with Gasteiger partial charge in [0.2, 0.25) is 0 Å². The van der Waals surface area contributed by atoms with Gasteiger partial charge in [0.25, 0.3) is 0 Å². The van der Waals surface area contributed by atoms with E-state index in [0.29, 0.717) is 26.3 Å². The second kappa shape index (κ2) is 8.93. The van der Waals surface area contributed by atoms with Crippen LogP contribution in [0.25, 0.3) is 0 Å². The quantitative estimate of drug-likeness (QED) is 0.429. The lowest BCUT2D eigenvalue weighted by atomic mass is 10.4. The molecular formula is C8H20N2O2. The maximum Gasteiger partial charge on any atom is 0.0897 e. The van der Waals surface area contributed by atoms with Gasteiger partial charge in [-0.05, 0) is 6.42 Å². The molecule has 1 unspecified atom stereocenters. The Morgan fingerprint density at radius 2 is 2.33 bits per heavy atom. The first-order valence-corrected chi connectivity index (χ1v) is 4.47. The van der Waals surface area contributed by atoms with E-state index in [-0.39, 0.29) is 0 Å². The van der Waals surface area contributed by atoms with E-state index < -0.39 is 6.10 Å². The zero-order valence-electron chi connectivity index (χ0n) is 7.75. The third kappa shape index (κ3) is 7.94. The number of hydrogen-bond donors (Lipinski definition) is 3. The maximum absolute atomic E-state index is 9.27. The Balaban J connectivity index is 3.04. The van der Waals surface area contributed by atoms with E-state index in [0.717, 1.165) is 13.0 Å². The first kappa shape index (κ1) is 11.8. The van der Waals surface area contributed by atoms with E-state index in [1.165, 1.54) is 0 Å². The molecule has 12 heavy (non-hydrogen) atoms. The topological polar surface area (TPSA) is 67.5 Å². The fourth-order valence-corrected chi connectivity index (χ4v) is 0.793. The van der Waals surface area contributed by atoms with Gasteiger partial charge < -0.3 is 20.9 Å². The molecule has 0 bridgehead atoms. The van der Waals surface area contributed by atoms with Crippen molar-refractivity contribution in [2.75, 3.05) is 32.8 Å². The Bertz CT molecular complexity index is 81.1. The molecular weight excluding hydrogens is 156 g/mol. The second-order valence-electron chi connectivity index (χ2n) is 2.72. The first-order chi connectivity index (χ1) is 5.81. The molecule has 0 amide bonds. The Morgan fingerprint density at radius 3 is 2.92 bits per heavy atom. The summed E-state index contributed by atoms with van der Waals surface area (Å²) in [5, 5.41) is 12.3. The van der Waals surface area contributed by atoms with Crippen molar-refractivity contribution in [2.45, 2.75) is 19.4 Å². The number of nitrogens with one attached hydrogen (secondary N) is 1. The molecule has 0 aliphatic rings. The molecule has 0 radical (unpaired) electrons. The summed E-state index contributed by atoms with van der Waals surface area (Å²) in [5.74, 6) is 0. The summed E-state index contributed by atoms with van der Waals surface area (Å²) < 4.78 is 5.15. The molecule has 0 aliphatic heterocycles. The normalized spacial score (nSPS) is 13.2. The van der Waals surface area contributed by atoms with Crippen molar-refractivity contribution in [2.24, 2.45) is 5.73 Å². The minimum absolute atomic E-state index is 0.408. The van der Waals surface area contributed by atoms with Crippen LogP contribution < -0.4 is 11.1 Å². The smallest absolute Gasteiger partial charge is 0.0897 e. The summed E-state index contributed by atoms with van der Waals surface area (Å²) >= 11 is 0. The van der Waals surface area contributed by atoms with Crippen LogP contribution in [0.3, 0.4) is 0 Å². The molecule has 0 aliphatic carbocycles. The molecule has 74 valence electrons. The summed E-state index contributed by atoms with van der Waals surface area (Å²) in [6.07, 6.45) is 0.575. The van der Waals surface area contributed by atoms with Gasteiger partial charge in [-0.1, -0.05) is 6.92 Å². The predicted molar refractivity (Wildman–Crippen MR) is 49.0 cm³/mol. The second-order valence-corrected chi connectivity index (χ2v) is 2.72. The van der Waals surface area contributed by atoms with Gasteiger partial charge in [0.1, 0.15) is 0 Å². The van der Waals surface area contributed by atoms with Crippen LogP contribution in [0.1, 0.15) is 13.3 Å². The molecule has 0 rings (SSSR count). The highest BCUT2D eigenvalue weighted by atomic mass is 16.5. The van der Waals surface area contributed by atoms with Crippen LogP contribution in [0.4, 0.5) is 0 Å². The molecule has 0 aromatic carbocycles. The minimum Gasteiger partial charge on any atom is -0.389 e. The largest absolute Gasteiger partial charge is 0.389 e. The molecule has 0 saturated heterocycles. The van der Waals surface area contributed by atoms with Crippen LogP contribution in [0.15, 0.2) is 0 Å². The predicted octanol–water partition coefficient (Wildman–Crippen LogP) is -0.678. The molecule has 0 aromatic rings. The van der Waals surface area contributed by atoms with Crippen LogP contribution in [-0.4, -0.2) is 44.1 Å². The Hall–Kier alpha value is -0.160. The van der Waals surface area contributed by atoms with Gasteiger partial charge in [-0.25, -0.2) is 0 Å². The molecule has 4 heteroatoms. The lowest BCUT2D eigenvalue weighted by Gasteiger charge is -2.11. The van der Waals surface area contributed by atoms with Crippen molar-refractivity contribution in [3.63, 3.8) is 0 Å². The van der Waals surface area contributed by atoms with Gasteiger partial charge in [0.05, 0.1) is 12.7 Å². The molecule has 0 fully saturated rings. The van der Waals surface area contributed by atoms with E-state index in [9.17, 15) is 5.11 Å². The maximum atomic E-state index is 9.27. The fraction of sp³-hybridized carbons (Fsp3) is 1.00. The molecule has 0 aromatic heterocycles. The zero-order chi connectivity index (χ0) is 9.23. The average Bonchev–Trinajstić information content (AvgIpc) is 2.06. The molecule has 4 N–H and O–H groups in total. The van der Waals surface area contributed by atoms with Crippen LogP contribution in [0, 0.1) is 0 Å². The van der Waals surface area contributed by atoms with E-state index in [1.807, 2.05) is 6.92 Å². The van der Waals surface area contributed by atoms with E-state index in [4.69, 9.17) is 10.5 Å². The van der Waals surface area contributed by atoms with Crippen LogP contribution in [-0.2, 0) is 4.74 Å². The molecule has 0 saturated carbocycles. The summed E-state index contributed by atoms with van der Waals surface area (Å²) in [4.78, 5) is 0. The van der Waals surface area contributed by atoms with Gasteiger partial charge in [-0.2, -0.15) is 0 Å². The summed E-state index contributed by atoms with van der Waals surface area (Å²) in [5.41, 5.74) is 5.26.